The number of thiocarbonyl (C=S) groups is 1. The summed E-state index contributed by atoms with van der Waals surface area (Å²) >= 11 is 4.92. The second-order valence-corrected chi connectivity index (χ2v) is 2.61. The standard InChI is InChI=1S/C9H10O2S.Hg.Na.H/c1-2-11-9(12)7-5-3-4-6-8(7)10;;;/h3-6,10H,2H2,1H3;;;. The molecule has 0 amide bonds. The molecule has 0 aliphatic rings. The van der Waals surface area contributed by atoms with Crippen LogP contribution in [-0.4, -0.2) is 46.3 Å². The number of aromatic hydroxyl groups is 1. The number of hydrogen-bond acceptors (Lipinski definition) is 3. The Morgan fingerprint density at radius 3 is 2.50 bits per heavy atom. The van der Waals surface area contributed by atoms with Gasteiger partial charge in [0.2, 0.25) is 0 Å². The number of para-hydroxylation sites is 1. The van der Waals surface area contributed by atoms with Crippen molar-refractivity contribution < 1.29 is 37.5 Å². The zero-order valence-corrected chi connectivity index (χ0v) is 13.8. The Morgan fingerprint density at radius 2 is 2.00 bits per heavy atom. The van der Waals surface area contributed by atoms with Crippen molar-refractivity contribution >= 4 is 46.8 Å². The van der Waals surface area contributed by atoms with Crippen LogP contribution in [-0.2, 0) is 32.4 Å². The first-order valence-electron chi connectivity index (χ1n) is 3.70. The first kappa shape index (κ1) is 17.2. The summed E-state index contributed by atoms with van der Waals surface area (Å²) in [5, 5.41) is 9.68. The van der Waals surface area contributed by atoms with E-state index in [1.165, 1.54) is 0 Å². The fraction of sp³-hybridized carbons (Fsp3) is 0.222. The van der Waals surface area contributed by atoms with Crippen LogP contribution in [0.5, 0.6) is 5.75 Å². The number of benzene rings is 1. The summed E-state index contributed by atoms with van der Waals surface area (Å²) in [4.78, 5) is 0. The van der Waals surface area contributed by atoms with E-state index in [0.29, 0.717) is 17.2 Å². The zero-order chi connectivity index (χ0) is 8.97. The molecule has 0 heterocycles. The zero-order valence-electron chi connectivity index (χ0n) is 7.49. The molecule has 0 unspecified atom stereocenters. The molecule has 5 heteroatoms. The molecule has 14 heavy (non-hydrogen) atoms. The van der Waals surface area contributed by atoms with E-state index in [-0.39, 0.29) is 63.0 Å². The van der Waals surface area contributed by atoms with Crippen LogP contribution >= 0.6 is 12.2 Å². The normalized spacial score (nSPS) is 8.07. The fourth-order valence-electron chi connectivity index (χ4n) is 0.855. The molecule has 68 valence electrons. The molecule has 0 aliphatic heterocycles. The summed E-state index contributed by atoms with van der Waals surface area (Å²) in [7, 11) is 0. The SMILES string of the molecule is CCOC(=S)c1ccccc1O.[Hg].[NaH]. The van der Waals surface area contributed by atoms with Gasteiger partial charge in [-0.05, 0) is 31.3 Å². The van der Waals surface area contributed by atoms with Crippen molar-refractivity contribution in [3.63, 3.8) is 0 Å². The molecule has 0 spiro atoms. The van der Waals surface area contributed by atoms with Gasteiger partial charge in [0.05, 0.1) is 12.2 Å². The molecule has 0 bridgehead atoms. The minimum atomic E-state index is 0. The van der Waals surface area contributed by atoms with Crippen LogP contribution in [0.25, 0.3) is 0 Å². The Balaban J connectivity index is 0. The van der Waals surface area contributed by atoms with Crippen LogP contribution in [0.4, 0.5) is 0 Å². The number of rotatable bonds is 2. The van der Waals surface area contributed by atoms with Crippen molar-refractivity contribution in [2.75, 3.05) is 6.61 Å². The average Bonchev–Trinajstić information content (AvgIpc) is 2.05. The van der Waals surface area contributed by atoms with E-state index in [0.717, 1.165) is 0 Å². The van der Waals surface area contributed by atoms with Crippen LogP contribution in [0, 0.1) is 0 Å². The second kappa shape index (κ2) is 9.10. The van der Waals surface area contributed by atoms with Crippen LogP contribution in [0.1, 0.15) is 12.5 Å². The molecule has 0 fully saturated rings. The summed E-state index contributed by atoms with van der Waals surface area (Å²) < 4.78 is 5.08. The van der Waals surface area contributed by atoms with Gasteiger partial charge in [-0.1, -0.05) is 12.1 Å². The van der Waals surface area contributed by atoms with E-state index < -0.39 is 0 Å². The van der Waals surface area contributed by atoms with E-state index in [9.17, 15) is 5.11 Å². The predicted molar refractivity (Wildman–Crippen MR) is 58.6 cm³/mol. The molecule has 1 rings (SSSR count). The van der Waals surface area contributed by atoms with Gasteiger partial charge in [-0.2, -0.15) is 0 Å². The van der Waals surface area contributed by atoms with E-state index in [4.69, 9.17) is 17.0 Å². The van der Waals surface area contributed by atoms with E-state index in [1.54, 1.807) is 24.3 Å². The summed E-state index contributed by atoms with van der Waals surface area (Å²) in [5.74, 6) is 0.163. The average molecular weight is 407 g/mol. The van der Waals surface area contributed by atoms with Crippen molar-refractivity contribution in [1.82, 2.24) is 0 Å². The van der Waals surface area contributed by atoms with Gasteiger partial charge in [-0.25, -0.2) is 0 Å². The van der Waals surface area contributed by atoms with Crippen LogP contribution in [0.2, 0.25) is 0 Å². The molecular weight excluding hydrogens is 396 g/mol. The van der Waals surface area contributed by atoms with Crippen molar-refractivity contribution in [2.24, 2.45) is 0 Å². The van der Waals surface area contributed by atoms with Crippen LogP contribution in [0.15, 0.2) is 24.3 Å². The van der Waals surface area contributed by atoms with Crippen LogP contribution in [0.3, 0.4) is 0 Å². The van der Waals surface area contributed by atoms with Gasteiger partial charge >= 0.3 is 29.6 Å². The van der Waals surface area contributed by atoms with Crippen molar-refractivity contribution in [3.05, 3.63) is 29.8 Å². The second-order valence-electron chi connectivity index (χ2n) is 2.24. The minimum absolute atomic E-state index is 0. The Kier molecular flexibility index (Phi) is 11.2. The number of phenolic OH excluding ortho intramolecular Hbond substituents is 1. The molecule has 0 aliphatic carbocycles. The molecule has 1 N–H and O–H groups in total. The van der Waals surface area contributed by atoms with E-state index >= 15 is 0 Å². The predicted octanol–water partition coefficient (Wildman–Crippen LogP) is 1.45. The number of phenols is 1. The summed E-state index contributed by atoms with van der Waals surface area (Å²) in [6.45, 7) is 2.37. The number of ether oxygens (including phenoxy) is 1. The van der Waals surface area contributed by atoms with Gasteiger partial charge in [0, 0.05) is 27.7 Å². The van der Waals surface area contributed by atoms with Gasteiger partial charge in [-0.15, -0.1) is 0 Å². The number of hydrogen-bond donors (Lipinski definition) is 1. The van der Waals surface area contributed by atoms with E-state index in [1.807, 2.05) is 6.92 Å². The molecule has 0 radical (unpaired) electrons. The topological polar surface area (TPSA) is 29.5 Å². The third-order valence-electron chi connectivity index (χ3n) is 1.40. The molecule has 1 aromatic carbocycles. The first-order valence-corrected chi connectivity index (χ1v) is 4.11. The molecule has 0 aromatic heterocycles. The Bertz CT molecular complexity index is 294. The molecule has 1 aromatic rings. The quantitative estimate of drug-likeness (QED) is 0.595. The van der Waals surface area contributed by atoms with Crippen molar-refractivity contribution in [3.8, 4) is 5.75 Å². The third kappa shape index (κ3) is 5.07. The maximum atomic E-state index is 9.34. The van der Waals surface area contributed by atoms with Gasteiger partial charge in [-0.3, -0.25) is 0 Å². The molecular formula is C9H11HgNaO2S. The summed E-state index contributed by atoms with van der Waals surface area (Å²) in [5.41, 5.74) is 0.578. The molecule has 0 saturated carbocycles. The van der Waals surface area contributed by atoms with Crippen molar-refractivity contribution in [1.29, 1.82) is 0 Å². The Morgan fingerprint density at radius 1 is 1.43 bits per heavy atom. The van der Waals surface area contributed by atoms with Gasteiger partial charge in [0.1, 0.15) is 5.75 Å². The van der Waals surface area contributed by atoms with Crippen molar-refractivity contribution in [2.45, 2.75) is 6.92 Å². The summed E-state index contributed by atoms with van der Waals surface area (Å²) in [6.07, 6.45) is 0. The Labute approximate surface area is 132 Å². The molecule has 2 nitrogen and oxygen atoms in total. The monoisotopic (exact) mass is 408 g/mol. The van der Waals surface area contributed by atoms with Gasteiger partial charge < -0.3 is 9.84 Å². The van der Waals surface area contributed by atoms with E-state index in [2.05, 4.69) is 0 Å². The molecule has 0 saturated heterocycles. The first-order chi connectivity index (χ1) is 5.75. The fourth-order valence-corrected chi connectivity index (χ4v) is 1.15. The summed E-state index contributed by atoms with van der Waals surface area (Å²) in [6, 6.07) is 6.86. The third-order valence-corrected chi connectivity index (χ3v) is 1.74. The van der Waals surface area contributed by atoms with Gasteiger partial charge in [0.15, 0.2) is 5.05 Å². The molecule has 0 atom stereocenters. The Hall–Kier alpha value is 0.845. The maximum absolute atomic E-state index is 9.34. The van der Waals surface area contributed by atoms with Gasteiger partial charge in [0.25, 0.3) is 0 Å². The van der Waals surface area contributed by atoms with Crippen LogP contribution < -0.4 is 0 Å².